The maximum atomic E-state index is 11.5. The van der Waals surface area contributed by atoms with E-state index < -0.39 is 11.5 Å². The number of ether oxygens (including phenoxy) is 2. The Labute approximate surface area is 119 Å². The molecule has 112 valence electrons. The summed E-state index contributed by atoms with van der Waals surface area (Å²) in [4.78, 5) is 11.5. The zero-order valence-electron chi connectivity index (χ0n) is 12.3. The summed E-state index contributed by atoms with van der Waals surface area (Å²) in [6.45, 7) is 3.61. The van der Waals surface area contributed by atoms with Gasteiger partial charge in [-0.25, -0.2) is 0 Å². The lowest BCUT2D eigenvalue weighted by molar-refractivity contribution is -0.147. The normalized spacial score (nSPS) is 15.2. The van der Waals surface area contributed by atoms with Crippen LogP contribution in [0.15, 0.2) is 24.3 Å². The highest BCUT2D eigenvalue weighted by Gasteiger charge is 2.32. The predicted molar refractivity (Wildman–Crippen MR) is 76.5 cm³/mol. The number of aliphatic hydroxyl groups excluding tert-OH is 1. The number of esters is 1. The van der Waals surface area contributed by atoms with Crippen molar-refractivity contribution in [2.75, 3.05) is 13.7 Å². The van der Waals surface area contributed by atoms with Crippen LogP contribution in [-0.4, -0.2) is 36.4 Å². The van der Waals surface area contributed by atoms with E-state index in [-0.39, 0.29) is 12.7 Å². The summed E-state index contributed by atoms with van der Waals surface area (Å²) < 4.78 is 10.4. The standard InChI is InChI=1S/C15H23NO4/c1-11(10-15(2,16)14(18)19-3)20-13-6-4-12(5-7-13)8-9-17/h4-7,11,17H,8-10,16H2,1-3H3. The second kappa shape index (κ2) is 7.26. The lowest BCUT2D eigenvalue weighted by atomic mass is 9.96. The first kappa shape index (κ1) is 16.5. The number of carbonyl (C=O) groups excluding carboxylic acids is 1. The lowest BCUT2D eigenvalue weighted by Gasteiger charge is -2.25. The monoisotopic (exact) mass is 281 g/mol. The average Bonchev–Trinajstić information content (AvgIpc) is 2.39. The largest absolute Gasteiger partial charge is 0.491 e. The van der Waals surface area contributed by atoms with Crippen molar-refractivity contribution in [2.24, 2.45) is 5.73 Å². The van der Waals surface area contributed by atoms with E-state index >= 15 is 0 Å². The summed E-state index contributed by atoms with van der Waals surface area (Å²) in [5.74, 6) is 0.256. The van der Waals surface area contributed by atoms with Gasteiger partial charge in [0, 0.05) is 13.0 Å². The highest BCUT2D eigenvalue weighted by Crippen LogP contribution is 2.18. The van der Waals surface area contributed by atoms with Gasteiger partial charge in [0.25, 0.3) is 0 Å². The van der Waals surface area contributed by atoms with Gasteiger partial charge in [-0.05, 0) is 38.0 Å². The topological polar surface area (TPSA) is 81.8 Å². The number of nitrogens with two attached hydrogens (primary N) is 1. The van der Waals surface area contributed by atoms with E-state index in [2.05, 4.69) is 4.74 Å². The Morgan fingerprint density at radius 3 is 2.50 bits per heavy atom. The summed E-state index contributed by atoms with van der Waals surface area (Å²) in [6, 6.07) is 7.49. The maximum Gasteiger partial charge on any atom is 0.325 e. The number of hydrogen-bond donors (Lipinski definition) is 2. The van der Waals surface area contributed by atoms with Crippen LogP contribution in [0, 0.1) is 0 Å². The third kappa shape index (κ3) is 4.83. The second-order valence-corrected chi connectivity index (χ2v) is 5.16. The third-order valence-corrected chi connectivity index (χ3v) is 3.02. The summed E-state index contributed by atoms with van der Waals surface area (Å²) in [5.41, 5.74) is 5.89. The Kier molecular flexibility index (Phi) is 5.98. The number of rotatable bonds is 7. The van der Waals surface area contributed by atoms with Crippen molar-refractivity contribution in [3.05, 3.63) is 29.8 Å². The zero-order valence-corrected chi connectivity index (χ0v) is 12.3. The number of carbonyl (C=O) groups is 1. The second-order valence-electron chi connectivity index (χ2n) is 5.16. The number of benzene rings is 1. The van der Waals surface area contributed by atoms with E-state index in [1.807, 2.05) is 31.2 Å². The summed E-state index contributed by atoms with van der Waals surface area (Å²) in [6.07, 6.45) is 0.768. The molecule has 0 heterocycles. The van der Waals surface area contributed by atoms with Crippen LogP contribution in [0.2, 0.25) is 0 Å². The average molecular weight is 281 g/mol. The Morgan fingerprint density at radius 1 is 1.40 bits per heavy atom. The smallest absolute Gasteiger partial charge is 0.325 e. The SMILES string of the molecule is COC(=O)C(C)(N)CC(C)Oc1ccc(CCO)cc1. The molecule has 0 saturated carbocycles. The minimum Gasteiger partial charge on any atom is -0.491 e. The van der Waals surface area contributed by atoms with Crippen molar-refractivity contribution < 1.29 is 19.4 Å². The molecule has 1 rings (SSSR count). The third-order valence-electron chi connectivity index (χ3n) is 3.02. The maximum absolute atomic E-state index is 11.5. The van der Waals surface area contributed by atoms with Crippen molar-refractivity contribution in [3.63, 3.8) is 0 Å². The Bertz CT molecular complexity index is 428. The van der Waals surface area contributed by atoms with E-state index in [1.165, 1.54) is 7.11 Å². The predicted octanol–water partition coefficient (Wildman–Crippen LogP) is 1.27. The van der Waals surface area contributed by atoms with E-state index in [9.17, 15) is 4.79 Å². The molecule has 0 radical (unpaired) electrons. The first-order chi connectivity index (χ1) is 9.39. The highest BCUT2D eigenvalue weighted by molar-refractivity contribution is 5.79. The van der Waals surface area contributed by atoms with Gasteiger partial charge in [0.15, 0.2) is 0 Å². The molecule has 20 heavy (non-hydrogen) atoms. The van der Waals surface area contributed by atoms with Crippen molar-refractivity contribution >= 4 is 5.97 Å². The molecule has 0 aliphatic heterocycles. The molecule has 0 aromatic heterocycles. The van der Waals surface area contributed by atoms with E-state index in [0.717, 1.165) is 5.56 Å². The van der Waals surface area contributed by atoms with Gasteiger partial charge in [-0.3, -0.25) is 4.79 Å². The van der Waals surface area contributed by atoms with Gasteiger partial charge in [-0.15, -0.1) is 0 Å². The lowest BCUT2D eigenvalue weighted by Crippen LogP contribution is -2.48. The van der Waals surface area contributed by atoms with Crippen LogP contribution in [0.25, 0.3) is 0 Å². The van der Waals surface area contributed by atoms with Crippen LogP contribution in [0.5, 0.6) is 5.75 Å². The molecule has 0 bridgehead atoms. The molecule has 1 aromatic rings. The van der Waals surface area contributed by atoms with Gasteiger partial charge >= 0.3 is 5.97 Å². The van der Waals surface area contributed by atoms with E-state index in [0.29, 0.717) is 18.6 Å². The Balaban J connectivity index is 2.57. The van der Waals surface area contributed by atoms with Gasteiger partial charge in [0.05, 0.1) is 13.2 Å². The van der Waals surface area contributed by atoms with Crippen molar-refractivity contribution in [1.29, 1.82) is 0 Å². The summed E-state index contributed by atoms with van der Waals surface area (Å²) in [5, 5.41) is 8.85. The molecule has 2 unspecified atom stereocenters. The molecular weight excluding hydrogens is 258 g/mol. The van der Waals surface area contributed by atoms with Gasteiger partial charge in [-0.2, -0.15) is 0 Å². The minimum atomic E-state index is -1.06. The van der Waals surface area contributed by atoms with Crippen LogP contribution in [0.1, 0.15) is 25.8 Å². The summed E-state index contributed by atoms with van der Waals surface area (Å²) >= 11 is 0. The number of aliphatic hydroxyl groups is 1. The molecule has 0 amide bonds. The fraction of sp³-hybridized carbons (Fsp3) is 0.533. The zero-order chi connectivity index (χ0) is 15.2. The molecule has 0 saturated heterocycles. The fourth-order valence-corrected chi connectivity index (χ4v) is 2.05. The van der Waals surface area contributed by atoms with Crippen LogP contribution in [0.3, 0.4) is 0 Å². The van der Waals surface area contributed by atoms with E-state index in [4.69, 9.17) is 15.6 Å². The van der Waals surface area contributed by atoms with Gasteiger partial charge in [0.2, 0.25) is 0 Å². The van der Waals surface area contributed by atoms with Crippen LogP contribution >= 0.6 is 0 Å². The Hall–Kier alpha value is -1.59. The van der Waals surface area contributed by atoms with Crippen molar-refractivity contribution in [3.8, 4) is 5.75 Å². The number of methoxy groups -OCH3 is 1. The first-order valence-electron chi connectivity index (χ1n) is 6.63. The molecule has 5 nitrogen and oxygen atoms in total. The molecule has 1 aromatic carbocycles. The van der Waals surface area contributed by atoms with Gasteiger partial charge < -0.3 is 20.3 Å². The van der Waals surface area contributed by atoms with Gasteiger partial charge in [-0.1, -0.05) is 12.1 Å². The molecule has 0 fully saturated rings. The van der Waals surface area contributed by atoms with Crippen LogP contribution in [-0.2, 0) is 16.0 Å². The molecule has 5 heteroatoms. The first-order valence-corrected chi connectivity index (χ1v) is 6.63. The molecule has 0 spiro atoms. The van der Waals surface area contributed by atoms with Gasteiger partial charge in [0.1, 0.15) is 11.3 Å². The summed E-state index contributed by atoms with van der Waals surface area (Å²) in [7, 11) is 1.32. The number of hydrogen-bond acceptors (Lipinski definition) is 5. The fourth-order valence-electron chi connectivity index (χ4n) is 2.05. The molecule has 2 atom stereocenters. The molecule has 0 aliphatic carbocycles. The molecule has 0 aliphatic rings. The van der Waals surface area contributed by atoms with Crippen molar-refractivity contribution in [2.45, 2.75) is 38.3 Å². The molecular formula is C15H23NO4. The Morgan fingerprint density at radius 2 is 2.00 bits per heavy atom. The van der Waals surface area contributed by atoms with Crippen molar-refractivity contribution in [1.82, 2.24) is 0 Å². The van der Waals surface area contributed by atoms with Crippen LogP contribution in [0.4, 0.5) is 0 Å². The quantitative estimate of drug-likeness (QED) is 0.736. The van der Waals surface area contributed by atoms with Crippen LogP contribution < -0.4 is 10.5 Å². The van der Waals surface area contributed by atoms with E-state index in [1.54, 1.807) is 6.92 Å². The highest BCUT2D eigenvalue weighted by atomic mass is 16.5. The molecule has 3 N–H and O–H groups in total. The minimum absolute atomic E-state index is 0.126.